The lowest BCUT2D eigenvalue weighted by atomic mass is 10.1. The van der Waals surface area contributed by atoms with Gasteiger partial charge in [-0.15, -0.1) is 0 Å². The minimum Gasteiger partial charge on any atom is -0.354 e. The molecule has 3 rings (SSSR count). The molecule has 0 spiro atoms. The van der Waals surface area contributed by atoms with E-state index in [1.54, 1.807) is 24.3 Å². The first-order valence-electron chi connectivity index (χ1n) is 8.98. The van der Waals surface area contributed by atoms with Gasteiger partial charge in [0, 0.05) is 38.8 Å². The maximum Gasteiger partial charge on any atom is 0.270 e. The van der Waals surface area contributed by atoms with Crippen molar-refractivity contribution in [1.82, 2.24) is 20.2 Å². The van der Waals surface area contributed by atoms with Crippen molar-refractivity contribution in [3.05, 3.63) is 53.7 Å². The second-order valence-corrected chi connectivity index (χ2v) is 6.28. The quantitative estimate of drug-likeness (QED) is 0.853. The third kappa shape index (κ3) is 4.54. The number of carbonyl (C=O) groups is 1. The maximum absolute atomic E-state index is 13.6. The minimum absolute atomic E-state index is 0.253. The third-order valence-corrected chi connectivity index (χ3v) is 4.67. The first-order valence-corrected chi connectivity index (χ1v) is 8.98. The molecule has 1 aliphatic heterocycles. The fourth-order valence-corrected chi connectivity index (χ4v) is 3.04. The Balaban J connectivity index is 1.56. The van der Waals surface area contributed by atoms with Gasteiger partial charge in [-0.25, -0.2) is 14.4 Å². The predicted molar refractivity (Wildman–Crippen MR) is 98.8 cm³/mol. The van der Waals surface area contributed by atoms with Crippen LogP contribution < -0.4 is 10.2 Å². The molecule has 0 unspecified atom stereocenters. The molecule has 2 heterocycles. The van der Waals surface area contributed by atoms with E-state index in [2.05, 4.69) is 32.0 Å². The summed E-state index contributed by atoms with van der Waals surface area (Å²) in [5, 5.41) is 2.80. The van der Waals surface area contributed by atoms with Gasteiger partial charge < -0.3 is 15.1 Å². The molecule has 1 N–H and O–H groups in total. The summed E-state index contributed by atoms with van der Waals surface area (Å²) in [5.41, 5.74) is 0.923. The molecule has 0 atom stereocenters. The van der Waals surface area contributed by atoms with Gasteiger partial charge in [-0.05, 0) is 24.6 Å². The second kappa shape index (κ2) is 8.71. The first kappa shape index (κ1) is 18.3. The zero-order valence-corrected chi connectivity index (χ0v) is 15.0. The molecule has 138 valence electrons. The van der Waals surface area contributed by atoms with E-state index < -0.39 is 0 Å². The summed E-state index contributed by atoms with van der Waals surface area (Å²) in [6.45, 7) is 7.32. The van der Waals surface area contributed by atoms with Gasteiger partial charge in [-0.3, -0.25) is 4.79 Å². The average molecular weight is 357 g/mol. The Labute approximate surface area is 153 Å². The number of likely N-dealkylation sites (N-methyl/N-ethyl adjacent to an activating group) is 1. The largest absolute Gasteiger partial charge is 0.354 e. The maximum atomic E-state index is 13.6. The highest BCUT2D eigenvalue weighted by Crippen LogP contribution is 2.14. The number of rotatable bonds is 6. The summed E-state index contributed by atoms with van der Waals surface area (Å²) >= 11 is 0. The summed E-state index contributed by atoms with van der Waals surface area (Å²) in [5.74, 6) is 0.254. The molecule has 7 heteroatoms. The lowest BCUT2D eigenvalue weighted by Gasteiger charge is -2.34. The van der Waals surface area contributed by atoms with Crippen LogP contribution in [0.5, 0.6) is 0 Å². The molecular weight excluding hydrogens is 333 g/mol. The molecule has 0 radical (unpaired) electrons. The molecule has 1 fully saturated rings. The predicted octanol–water partition coefficient (Wildman–Crippen LogP) is 1.73. The van der Waals surface area contributed by atoms with Crippen molar-refractivity contribution in [3.8, 4) is 0 Å². The number of anilines is 1. The second-order valence-electron chi connectivity index (χ2n) is 6.28. The number of hydrogen-bond donors (Lipinski definition) is 1. The molecule has 0 aliphatic carbocycles. The van der Waals surface area contributed by atoms with Crippen LogP contribution in [0.2, 0.25) is 0 Å². The highest BCUT2D eigenvalue weighted by Gasteiger charge is 2.18. The highest BCUT2D eigenvalue weighted by molar-refractivity contribution is 5.92. The number of amides is 1. The highest BCUT2D eigenvalue weighted by atomic mass is 19.1. The van der Waals surface area contributed by atoms with E-state index in [9.17, 15) is 9.18 Å². The Morgan fingerprint density at radius 3 is 2.69 bits per heavy atom. The lowest BCUT2D eigenvalue weighted by Crippen LogP contribution is -2.46. The van der Waals surface area contributed by atoms with E-state index in [-0.39, 0.29) is 11.7 Å². The van der Waals surface area contributed by atoms with Gasteiger partial charge in [-0.1, -0.05) is 25.1 Å². The fourth-order valence-electron chi connectivity index (χ4n) is 3.04. The van der Waals surface area contributed by atoms with Gasteiger partial charge in [0.15, 0.2) is 0 Å². The van der Waals surface area contributed by atoms with Gasteiger partial charge in [0.05, 0.1) is 0 Å². The number of carbonyl (C=O) groups excluding carboxylic acids is 1. The monoisotopic (exact) mass is 357 g/mol. The van der Waals surface area contributed by atoms with Crippen LogP contribution in [0.4, 0.5) is 10.2 Å². The van der Waals surface area contributed by atoms with Crippen LogP contribution in [0.15, 0.2) is 36.7 Å². The van der Waals surface area contributed by atoms with Crippen molar-refractivity contribution < 1.29 is 9.18 Å². The van der Waals surface area contributed by atoms with Gasteiger partial charge in [0.2, 0.25) is 0 Å². The molecule has 0 saturated carbocycles. The molecule has 1 amide bonds. The Morgan fingerprint density at radius 1 is 1.19 bits per heavy atom. The van der Waals surface area contributed by atoms with Crippen LogP contribution in [0.3, 0.4) is 0 Å². The topological polar surface area (TPSA) is 61.4 Å². The number of halogens is 1. The van der Waals surface area contributed by atoms with E-state index in [1.165, 1.54) is 12.4 Å². The Morgan fingerprint density at radius 2 is 1.96 bits per heavy atom. The summed E-state index contributed by atoms with van der Waals surface area (Å²) in [7, 11) is 0. The molecule has 1 aromatic carbocycles. The molecule has 6 nitrogen and oxygen atoms in total. The number of piperazine rings is 1. The van der Waals surface area contributed by atoms with E-state index in [4.69, 9.17) is 0 Å². The summed E-state index contributed by atoms with van der Waals surface area (Å²) < 4.78 is 13.6. The first-order chi connectivity index (χ1) is 12.7. The van der Waals surface area contributed by atoms with E-state index in [0.717, 1.165) is 38.5 Å². The number of nitrogens with one attached hydrogen (secondary N) is 1. The van der Waals surface area contributed by atoms with Crippen molar-refractivity contribution in [3.63, 3.8) is 0 Å². The van der Waals surface area contributed by atoms with Crippen LogP contribution >= 0.6 is 0 Å². The van der Waals surface area contributed by atoms with Crippen LogP contribution in [0.1, 0.15) is 23.0 Å². The van der Waals surface area contributed by atoms with Crippen LogP contribution in [-0.4, -0.2) is 60.0 Å². The van der Waals surface area contributed by atoms with E-state index >= 15 is 0 Å². The lowest BCUT2D eigenvalue weighted by molar-refractivity contribution is 0.0949. The Kier molecular flexibility index (Phi) is 6.12. The normalized spacial score (nSPS) is 15.1. The molecule has 1 saturated heterocycles. The van der Waals surface area contributed by atoms with E-state index in [0.29, 0.717) is 24.2 Å². The zero-order chi connectivity index (χ0) is 18.4. The molecular formula is C19H24FN5O. The SMILES string of the molecule is CCN1CCN(c2cc(C(=O)NCCc3ccccc3F)ncn2)CC1. The van der Waals surface area contributed by atoms with Crippen molar-refractivity contribution >= 4 is 11.7 Å². The Hall–Kier alpha value is -2.54. The number of nitrogens with zero attached hydrogens (tertiary/aromatic N) is 4. The van der Waals surface area contributed by atoms with Crippen molar-refractivity contribution in [2.24, 2.45) is 0 Å². The van der Waals surface area contributed by atoms with Gasteiger partial charge in [-0.2, -0.15) is 0 Å². The fraction of sp³-hybridized carbons (Fsp3) is 0.421. The van der Waals surface area contributed by atoms with Crippen molar-refractivity contribution in [1.29, 1.82) is 0 Å². The van der Waals surface area contributed by atoms with Crippen LogP contribution in [0.25, 0.3) is 0 Å². The molecule has 1 aromatic heterocycles. The minimum atomic E-state index is -0.266. The molecule has 2 aromatic rings. The van der Waals surface area contributed by atoms with Crippen LogP contribution in [-0.2, 0) is 6.42 Å². The molecule has 26 heavy (non-hydrogen) atoms. The molecule has 1 aliphatic rings. The number of hydrogen-bond acceptors (Lipinski definition) is 5. The zero-order valence-electron chi connectivity index (χ0n) is 15.0. The van der Waals surface area contributed by atoms with Gasteiger partial charge >= 0.3 is 0 Å². The summed E-state index contributed by atoms with van der Waals surface area (Å²) in [4.78, 5) is 25.3. The number of benzene rings is 1. The molecule has 0 bridgehead atoms. The Bertz CT molecular complexity index is 746. The van der Waals surface area contributed by atoms with Gasteiger partial charge in [0.1, 0.15) is 23.7 Å². The summed E-state index contributed by atoms with van der Waals surface area (Å²) in [6, 6.07) is 8.31. The average Bonchev–Trinajstić information content (AvgIpc) is 2.69. The summed E-state index contributed by atoms with van der Waals surface area (Å²) in [6.07, 6.45) is 1.86. The van der Waals surface area contributed by atoms with E-state index in [1.807, 2.05) is 0 Å². The van der Waals surface area contributed by atoms with Crippen molar-refractivity contribution in [2.45, 2.75) is 13.3 Å². The van der Waals surface area contributed by atoms with Gasteiger partial charge in [0.25, 0.3) is 5.91 Å². The number of aromatic nitrogens is 2. The standard InChI is InChI=1S/C19H24FN5O/c1-2-24-9-11-25(12-10-24)18-13-17(22-14-23-18)19(26)21-8-7-15-5-3-4-6-16(15)20/h3-6,13-14H,2,7-12H2,1H3,(H,21,26). The van der Waals surface area contributed by atoms with Crippen molar-refractivity contribution in [2.75, 3.05) is 44.2 Å². The van der Waals surface area contributed by atoms with Crippen LogP contribution in [0, 0.1) is 5.82 Å². The third-order valence-electron chi connectivity index (χ3n) is 4.67. The smallest absolute Gasteiger partial charge is 0.270 e.